The highest BCUT2D eigenvalue weighted by Crippen LogP contribution is 2.33. The molecule has 0 aliphatic carbocycles. The van der Waals surface area contributed by atoms with Gasteiger partial charge >= 0.3 is 17.9 Å². The number of aliphatic carboxylic acids is 3. The Bertz CT molecular complexity index is 1000. The van der Waals surface area contributed by atoms with Crippen LogP contribution in [0.15, 0.2) is 49.1 Å². The number of pyridine rings is 2. The van der Waals surface area contributed by atoms with E-state index in [1.807, 2.05) is 30.9 Å². The fraction of sp³-hybridized carbons (Fsp3) is 0.519. The second kappa shape index (κ2) is 12.9. The number of hydrogen-bond donors (Lipinski definition) is 5. The van der Waals surface area contributed by atoms with Gasteiger partial charge in [0.15, 0.2) is 5.60 Å². The van der Waals surface area contributed by atoms with E-state index in [0.29, 0.717) is 6.04 Å². The smallest absolute Gasteiger partial charge is 0.336 e. The van der Waals surface area contributed by atoms with Crippen LogP contribution in [0.2, 0.25) is 0 Å². The van der Waals surface area contributed by atoms with E-state index in [0.717, 1.165) is 25.9 Å². The minimum absolute atomic E-state index is 0.137. The number of nitrogens with one attached hydrogen (secondary N) is 1. The first-order valence-electron chi connectivity index (χ1n) is 12.3. The molecular formula is C27H38N4O7. The monoisotopic (exact) mass is 530 g/mol. The van der Waals surface area contributed by atoms with Crippen molar-refractivity contribution in [3.63, 3.8) is 0 Å². The summed E-state index contributed by atoms with van der Waals surface area (Å²) < 4.78 is 0. The summed E-state index contributed by atoms with van der Waals surface area (Å²) in [6, 6.07) is 8.96. The van der Waals surface area contributed by atoms with E-state index in [4.69, 9.17) is 20.4 Å². The molecule has 3 heterocycles. The van der Waals surface area contributed by atoms with Gasteiger partial charge in [-0.1, -0.05) is 6.07 Å². The van der Waals surface area contributed by atoms with E-state index in [9.17, 15) is 14.4 Å². The third-order valence-electron chi connectivity index (χ3n) is 6.21. The van der Waals surface area contributed by atoms with Gasteiger partial charge in [0.05, 0.1) is 12.8 Å². The van der Waals surface area contributed by atoms with Crippen molar-refractivity contribution in [3.8, 4) is 0 Å². The normalized spacial score (nSPS) is 16.8. The zero-order valence-corrected chi connectivity index (χ0v) is 22.3. The van der Waals surface area contributed by atoms with Crippen LogP contribution < -0.4 is 5.32 Å². The number of piperidine rings is 1. The lowest BCUT2D eigenvalue weighted by Crippen LogP contribution is -2.62. The molecule has 208 valence electrons. The van der Waals surface area contributed by atoms with Gasteiger partial charge in [0.25, 0.3) is 0 Å². The molecule has 11 heteroatoms. The summed E-state index contributed by atoms with van der Waals surface area (Å²) in [6.07, 6.45) is 7.58. The van der Waals surface area contributed by atoms with Gasteiger partial charge < -0.3 is 25.7 Å². The Morgan fingerprint density at radius 1 is 0.895 bits per heavy atom. The quantitative estimate of drug-likeness (QED) is 0.305. The Morgan fingerprint density at radius 2 is 1.42 bits per heavy atom. The SMILES string of the molecule is CC1(C)CC(N(Cc2ccncc2)Cc2cccnc2)CC(C)(C)N1.O=C(O)CC(O)(CC(=O)O)C(=O)O. The van der Waals surface area contributed by atoms with Gasteiger partial charge in [-0.15, -0.1) is 0 Å². The van der Waals surface area contributed by atoms with Crippen LogP contribution in [-0.4, -0.2) is 75.9 Å². The van der Waals surface area contributed by atoms with Crippen LogP contribution in [0, 0.1) is 0 Å². The average molecular weight is 531 g/mol. The van der Waals surface area contributed by atoms with Crippen molar-refractivity contribution >= 4 is 17.9 Å². The van der Waals surface area contributed by atoms with Crippen molar-refractivity contribution in [2.24, 2.45) is 0 Å². The average Bonchev–Trinajstić information content (AvgIpc) is 2.77. The van der Waals surface area contributed by atoms with Gasteiger partial charge in [0.1, 0.15) is 0 Å². The molecule has 2 aromatic heterocycles. The van der Waals surface area contributed by atoms with Crippen LogP contribution in [0.25, 0.3) is 0 Å². The summed E-state index contributed by atoms with van der Waals surface area (Å²) in [4.78, 5) is 41.5. The lowest BCUT2D eigenvalue weighted by molar-refractivity contribution is -0.170. The molecule has 0 bridgehead atoms. The Labute approximate surface area is 222 Å². The van der Waals surface area contributed by atoms with Crippen molar-refractivity contribution in [1.82, 2.24) is 20.2 Å². The Kier molecular flexibility index (Phi) is 10.5. The molecule has 0 amide bonds. The Morgan fingerprint density at radius 3 is 1.87 bits per heavy atom. The molecule has 5 N–H and O–H groups in total. The second-order valence-electron chi connectivity index (χ2n) is 11.1. The number of hydrogen-bond acceptors (Lipinski definition) is 8. The highest BCUT2D eigenvalue weighted by Gasteiger charge is 2.41. The fourth-order valence-electron chi connectivity index (χ4n) is 5.00. The van der Waals surface area contributed by atoms with Crippen LogP contribution in [-0.2, 0) is 27.5 Å². The molecule has 38 heavy (non-hydrogen) atoms. The van der Waals surface area contributed by atoms with Crippen LogP contribution in [0.4, 0.5) is 0 Å². The molecule has 0 spiro atoms. The molecule has 0 unspecified atom stereocenters. The van der Waals surface area contributed by atoms with Crippen molar-refractivity contribution in [2.45, 2.75) is 89.2 Å². The maximum atomic E-state index is 10.3. The fourth-order valence-corrected chi connectivity index (χ4v) is 5.00. The van der Waals surface area contributed by atoms with Crippen LogP contribution in [0.5, 0.6) is 0 Å². The van der Waals surface area contributed by atoms with Crippen LogP contribution in [0.3, 0.4) is 0 Å². The summed E-state index contributed by atoms with van der Waals surface area (Å²) in [5, 5.41) is 37.6. The maximum Gasteiger partial charge on any atom is 0.336 e. The molecule has 0 atom stereocenters. The molecule has 1 saturated heterocycles. The number of carbonyl (C=O) groups is 3. The van der Waals surface area contributed by atoms with Gasteiger partial charge in [0, 0.05) is 55.0 Å². The second-order valence-corrected chi connectivity index (χ2v) is 11.1. The van der Waals surface area contributed by atoms with E-state index in [2.05, 4.69) is 66.1 Å². The summed E-state index contributed by atoms with van der Waals surface area (Å²) in [6.45, 7) is 11.1. The molecule has 3 rings (SSSR count). The third-order valence-corrected chi connectivity index (χ3v) is 6.21. The summed E-state index contributed by atoms with van der Waals surface area (Å²) in [5.74, 6) is -5.02. The van der Waals surface area contributed by atoms with Gasteiger partial charge in [-0.25, -0.2) is 4.79 Å². The summed E-state index contributed by atoms with van der Waals surface area (Å²) in [5.41, 5.74) is 0.117. The molecule has 0 radical (unpaired) electrons. The minimum atomic E-state index is -2.74. The summed E-state index contributed by atoms with van der Waals surface area (Å²) >= 11 is 0. The molecule has 1 fully saturated rings. The van der Waals surface area contributed by atoms with Gasteiger partial charge in [-0.2, -0.15) is 0 Å². The zero-order valence-electron chi connectivity index (χ0n) is 22.3. The number of carboxylic acid groups (broad SMARTS) is 3. The van der Waals surface area contributed by atoms with Crippen LogP contribution in [0.1, 0.15) is 64.5 Å². The highest BCUT2D eigenvalue weighted by atomic mass is 16.4. The zero-order chi connectivity index (χ0) is 28.6. The molecule has 0 aromatic carbocycles. The maximum absolute atomic E-state index is 10.3. The number of carboxylic acids is 3. The Hall–Kier alpha value is -3.41. The van der Waals surface area contributed by atoms with Crippen molar-refractivity contribution < 1.29 is 34.8 Å². The molecule has 0 saturated carbocycles. The van der Waals surface area contributed by atoms with E-state index in [-0.39, 0.29) is 11.1 Å². The van der Waals surface area contributed by atoms with E-state index < -0.39 is 36.4 Å². The van der Waals surface area contributed by atoms with Gasteiger partial charge in [-0.05, 0) is 69.9 Å². The number of rotatable bonds is 10. The topological polar surface area (TPSA) is 173 Å². The van der Waals surface area contributed by atoms with Crippen LogP contribution >= 0.6 is 0 Å². The molecule has 1 aliphatic rings. The lowest BCUT2D eigenvalue weighted by atomic mass is 9.79. The first-order valence-corrected chi connectivity index (χ1v) is 12.3. The van der Waals surface area contributed by atoms with E-state index in [1.54, 1.807) is 0 Å². The van der Waals surface area contributed by atoms with Crippen molar-refractivity contribution in [2.75, 3.05) is 0 Å². The molecular weight excluding hydrogens is 492 g/mol. The molecule has 1 aliphatic heterocycles. The largest absolute Gasteiger partial charge is 0.481 e. The number of aromatic nitrogens is 2. The Balaban J connectivity index is 0.000000332. The first-order chi connectivity index (χ1) is 17.6. The lowest BCUT2D eigenvalue weighted by Gasteiger charge is -2.49. The first kappa shape index (κ1) is 30.8. The predicted octanol–water partition coefficient (Wildman–Crippen LogP) is 2.54. The van der Waals surface area contributed by atoms with E-state index >= 15 is 0 Å². The van der Waals surface area contributed by atoms with Crippen molar-refractivity contribution in [1.29, 1.82) is 0 Å². The molecule has 2 aromatic rings. The standard InChI is InChI=1S/C21H30N4.C6H8O7/c1-20(2)12-19(13-21(3,4)24-20)25(15-17-7-10-22-11-8-17)16-18-6-5-9-23-14-18;7-3(8)1-6(13,5(11)12)2-4(9)10/h5-11,14,19,24H,12-13,15-16H2,1-4H3;13H,1-2H2,(H,7,8)(H,9,10)(H,11,12). The van der Waals surface area contributed by atoms with Crippen molar-refractivity contribution in [3.05, 3.63) is 60.2 Å². The van der Waals surface area contributed by atoms with Gasteiger partial charge in [-0.3, -0.25) is 24.5 Å². The number of nitrogens with zero attached hydrogens (tertiary/aromatic N) is 3. The highest BCUT2D eigenvalue weighted by molar-refractivity contribution is 5.88. The van der Waals surface area contributed by atoms with E-state index in [1.165, 1.54) is 11.1 Å². The molecule has 11 nitrogen and oxygen atoms in total. The summed E-state index contributed by atoms with van der Waals surface area (Å²) in [7, 11) is 0. The third kappa shape index (κ3) is 10.2. The predicted molar refractivity (Wildman–Crippen MR) is 139 cm³/mol. The number of aliphatic hydroxyl groups is 1. The van der Waals surface area contributed by atoms with Gasteiger partial charge in [0.2, 0.25) is 0 Å². The minimum Gasteiger partial charge on any atom is -0.481 e.